The quantitative estimate of drug-likeness (QED) is 0.868. The lowest BCUT2D eigenvalue weighted by Gasteiger charge is -2.02. The van der Waals surface area contributed by atoms with Crippen LogP contribution in [0, 0.1) is 0 Å². The van der Waals surface area contributed by atoms with Crippen LogP contribution in [0.3, 0.4) is 0 Å². The van der Waals surface area contributed by atoms with Crippen LogP contribution in [-0.2, 0) is 5.75 Å². The zero-order chi connectivity index (χ0) is 13.0. The molecule has 5 heteroatoms. The molecule has 1 aromatic heterocycles. The number of nitrogens with zero attached hydrogens (tertiary/aromatic N) is 1. The summed E-state index contributed by atoms with van der Waals surface area (Å²) in [6.07, 6.45) is 0. The fourth-order valence-corrected chi connectivity index (χ4v) is 2.44. The standard InChI is InChI=1S/C13H10BrNO2S/c14-9-4-6-11(7-5-9)18-8-10-2-1-3-12(15-10)13(16)17/h1-7H,8H2,(H,16,17). The van der Waals surface area contributed by atoms with Crippen LogP contribution in [0.4, 0.5) is 0 Å². The molecule has 0 aliphatic heterocycles. The minimum atomic E-state index is -0.995. The Bertz CT molecular complexity index is 557. The summed E-state index contributed by atoms with van der Waals surface area (Å²) in [5.74, 6) is -0.339. The Hall–Kier alpha value is -1.33. The van der Waals surface area contributed by atoms with Gasteiger partial charge in [0.2, 0.25) is 0 Å². The number of hydrogen-bond acceptors (Lipinski definition) is 3. The number of benzene rings is 1. The number of rotatable bonds is 4. The Kier molecular flexibility index (Phi) is 4.38. The maximum absolute atomic E-state index is 10.8. The van der Waals surface area contributed by atoms with Crippen LogP contribution in [0.25, 0.3) is 0 Å². The van der Waals surface area contributed by atoms with Crippen LogP contribution < -0.4 is 0 Å². The summed E-state index contributed by atoms with van der Waals surface area (Å²) in [5.41, 5.74) is 0.853. The second kappa shape index (κ2) is 6.02. The van der Waals surface area contributed by atoms with E-state index < -0.39 is 5.97 Å². The summed E-state index contributed by atoms with van der Waals surface area (Å²) in [4.78, 5) is 16.0. The topological polar surface area (TPSA) is 50.2 Å². The van der Waals surface area contributed by atoms with Crippen LogP contribution in [-0.4, -0.2) is 16.1 Å². The van der Waals surface area contributed by atoms with E-state index >= 15 is 0 Å². The summed E-state index contributed by atoms with van der Waals surface area (Å²) in [6, 6.07) is 13.0. The average Bonchev–Trinajstić information content (AvgIpc) is 2.38. The molecule has 0 aliphatic rings. The molecular formula is C13H10BrNO2S. The molecule has 0 radical (unpaired) electrons. The monoisotopic (exact) mass is 323 g/mol. The van der Waals surface area contributed by atoms with Gasteiger partial charge in [-0.15, -0.1) is 11.8 Å². The first-order chi connectivity index (χ1) is 8.65. The van der Waals surface area contributed by atoms with Crippen molar-refractivity contribution < 1.29 is 9.90 Å². The molecular weight excluding hydrogens is 314 g/mol. The molecule has 0 atom stereocenters. The van der Waals surface area contributed by atoms with E-state index in [1.807, 2.05) is 30.3 Å². The molecule has 1 aromatic carbocycles. The third-order valence-electron chi connectivity index (χ3n) is 2.23. The van der Waals surface area contributed by atoms with Gasteiger partial charge in [-0.1, -0.05) is 22.0 Å². The predicted molar refractivity (Wildman–Crippen MR) is 74.9 cm³/mol. The van der Waals surface area contributed by atoms with Crippen molar-refractivity contribution in [2.24, 2.45) is 0 Å². The lowest BCUT2D eigenvalue weighted by Crippen LogP contribution is -2.01. The second-order valence-electron chi connectivity index (χ2n) is 3.56. The number of pyridine rings is 1. The molecule has 0 saturated heterocycles. The number of aromatic carboxylic acids is 1. The Balaban J connectivity index is 2.04. The van der Waals surface area contributed by atoms with Gasteiger partial charge in [0.1, 0.15) is 5.69 Å². The van der Waals surface area contributed by atoms with E-state index in [4.69, 9.17) is 5.11 Å². The number of carboxylic acids is 1. The predicted octanol–water partition coefficient (Wildman–Crippen LogP) is 3.83. The normalized spacial score (nSPS) is 10.3. The van der Waals surface area contributed by atoms with Crippen LogP contribution in [0.15, 0.2) is 51.8 Å². The van der Waals surface area contributed by atoms with E-state index in [9.17, 15) is 4.79 Å². The second-order valence-corrected chi connectivity index (χ2v) is 5.53. The van der Waals surface area contributed by atoms with Crippen molar-refractivity contribution in [3.63, 3.8) is 0 Å². The molecule has 3 nitrogen and oxygen atoms in total. The highest BCUT2D eigenvalue weighted by Gasteiger charge is 2.05. The number of carbonyl (C=O) groups is 1. The Morgan fingerprint density at radius 2 is 1.94 bits per heavy atom. The van der Waals surface area contributed by atoms with E-state index in [1.165, 1.54) is 6.07 Å². The van der Waals surface area contributed by atoms with Gasteiger partial charge < -0.3 is 5.11 Å². The molecule has 0 amide bonds. The molecule has 1 N–H and O–H groups in total. The van der Waals surface area contributed by atoms with Gasteiger partial charge in [0.25, 0.3) is 0 Å². The highest BCUT2D eigenvalue weighted by atomic mass is 79.9. The fraction of sp³-hybridized carbons (Fsp3) is 0.0769. The lowest BCUT2D eigenvalue weighted by molar-refractivity contribution is 0.0690. The van der Waals surface area contributed by atoms with Gasteiger partial charge in [-0.05, 0) is 36.4 Å². The van der Waals surface area contributed by atoms with Crippen LogP contribution >= 0.6 is 27.7 Å². The molecule has 0 aliphatic carbocycles. The number of carboxylic acid groups (broad SMARTS) is 1. The zero-order valence-electron chi connectivity index (χ0n) is 9.34. The number of hydrogen-bond donors (Lipinski definition) is 1. The molecule has 18 heavy (non-hydrogen) atoms. The Labute approximate surface area is 117 Å². The maximum Gasteiger partial charge on any atom is 0.354 e. The molecule has 2 rings (SSSR count). The molecule has 0 spiro atoms. The highest BCUT2D eigenvalue weighted by Crippen LogP contribution is 2.23. The Morgan fingerprint density at radius 1 is 1.22 bits per heavy atom. The zero-order valence-corrected chi connectivity index (χ0v) is 11.7. The van der Waals surface area contributed by atoms with Gasteiger partial charge in [-0.2, -0.15) is 0 Å². The van der Waals surface area contributed by atoms with Gasteiger partial charge in [0, 0.05) is 15.1 Å². The maximum atomic E-state index is 10.8. The largest absolute Gasteiger partial charge is 0.477 e. The summed E-state index contributed by atoms with van der Waals surface area (Å²) in [5, 5.41) is 8.85. The van der Waals surface area contributed by atoms with Crippen molar-refractivity contribution in [2.45, 2.75) is 10.6 Å². The molecule has 0 saturated carbocycles. The Morgan fingerprint density at radius 3 is 2.61 bits per heavy atom. The van der Waals surface area contributed by atoms with Crippen LogP contribution in [0.1, 0.15) is 16.2 Å². The molecule has 92 valence electrons. The summed E-state index contributed by atoms with van der Waals surface area (Å²) < 4.78 is 1.04. The van der Waals surface area contributed by atoms with E-state index in [0.29, 0.717) is 5.75 Å². The SMILES string of the molecule is O=C(O)c1cccc(CSc2ccc(Br)cc2)n1. The number of halogens is 1. The van der Waals surface area contributed by atoms with E-state index in [-0.39, 0.29) is 5.69 Å². The minimum Gasteiger partial charge on any atom is -0.477 e. The highest BCUT2D eigenvalue weighted by molar-refractivity contribution is 9.10. The van der Waals surface area contributed by atoms with Crippen molar-refractivity contribution in [3.05, 3.63) is 58.3 Å². The van der Waals surface area contributed by atoms with Gasteiger partial charge in [-0.3, -0.25) is 0 Å². The van der Waals surface area contributed by atoms with Gasteiger partial charge in [-0.25, -0.2) is 9.78 Å². The van der Waals surface area contributed by atoms with Gasteiger partial charge >= 0.3 is 5.97 Å². The summed E-state index contributed by atoms with van der Waals surface area (Å²) in [7, 11) is 0. The van der Waals surface area contributed by atoms with Crippen molar-refractivity contribution in [1.29, 1.82) is 0 Å². The smallest absolute Gasteiger partial charge is 0.354 e. The van der Waals surface area contributed by atoms with Gasteiger partial charge in [0.15, 0.2) is 0 Å². The minimum absolute atomic E-state index is 0.0870. The molecule has 0 fully saturated rings. The summed E-state index contributed by atoms with van der Waals surface area (Å²) in [6.45, 7) is 0. The molecule has 2 aromatic rings. The first-order valence-corrected chi connectivity index (χ1v) is 7.00. The fourth-order valence-electron chi connectivity index (χ4n) is 1.37. The van der Waals surface area contributed by atoms with Crippen molar-refractivity contribution >= 4 is 33.7 Å². The van der Waals surface area contributed by atoms with E-state index in [1.54, 1.807) is 17.8 Å². The average molecular weight is 324 g/mol. The van der Waals surface area contributed by atoms with Crippen molar-refractivity contribution in [3.8, 4) is 0 Å². The van der Waals surface area contributed by atoms with Crippen molar-refractivity contribution in [2.75, 3.05) is 0 Å². The van der Waals surface area contributed by atoms with Crippen LogP contribution in [0.5, 0.6) is 0 Å². The first-order valence-electron chi connectivity index (χ1n) is 5.23. The van der Waals surface area contributed by atoms with Crippen LogP contribution in [0.2, 0.25) is 0 Å². The van der Waals surface area contributed by atoms with Crippen molar-refractivity contribution in [1.82, 2.24) is 4.98 Å². The third kappa shape index (κ3) is 3.58. The molecule has 0 bridgehead atoms. The molecule has 0 unspecified atom stereocenters. The van der Waals surface area contributed by atoms with E-state index in [2.05, 4.69) is 20.9 Å². The van der Waals surface area contributed by atoms with Gasteiger partial charge in [0.05, 0.1) is 5.69 Å². The first kappa shape index (κ1) is 13.1. The molecule has 1 heterocycles. The number of thioether (sulfide) groups is 1. The third-order valence-corrected chi connectivity index (χ3v) is 3.80. The summed E-state index contributed by atoms with van der Waals surface area (Å²) >= 11 is 5.01. The number of aromatic nitrogens is 1. The lowest BCUT2D eigenvalue weighted by atomic mass is 10.3. The van der Waals surface area contributed by atoms with E-state index in [0.717, 1.165) is 15.1 Å².